The Morgan fingerprint density at radius 3 is 2.89 bits per heavy atom. The molecule has 0 aliphatic carbocycles. The zero-order chi connectivity index (χ0) is 13.8. The summed E-state index contributed by atoms with van der Waals surface area (Å²) in [6.07, 6.45) is 0.674. The van der Waals surface area contributed by atoms with Crippen LogP contribution >= 0.6 is 11.6 Å². The van der Waals surface area contributed by atoms with E-state index < -0.39 is 0 Å². The highest BCUT2D eigenvalue weighted by molar-refractivity contribution is 6.30. The van der Waals surface area contributed by atoms with Crippen molar-refractivity contribution in [2.24, 2.45) is 0 Å². The normalized spacial score (nSPS) is 10.2. The average Bonchev–Trinajstić information content (AvgIpc) is 2.79. The smallest absolute Gasteiger partial charge is 0.241 e. The van der Waals surface area contributed by atoms with E-state index in [0.717, 1.165) is 5.56 Å². The molecule has 2 N–H and O–H groups in total. The zero-order valence-corrected chi connectivity index (χ0v) is 11.0. The second kappa shape index (κ2) is 5.74. The van der Waals surface area contributed by atoms with Gasteiger partial charge >= 0.3 is 0 Å². The third-order valence-corrected chi connectivity index (χ3v) is 2.86. The molecule has 1 aromatic heterocycles. The standard InChI is InChI=1S/C13H12ClN3O2/c1-2-11-12(7-18)16-17-13(11)19-10-4-8(6-15)3-9(14)5-10/h3-5,18H,2,7H2,1H3,(H,16,17). The predicted octanol–water partition coefficient (Wildman–Crippen LogP) is 2.78. The molecule has 0 spiro atoms. The molecule has 6 heteroatoms. The molecule has 1 aromatic carbocycles. The molecule has 0 aliphatic rings. The number of ether oxygens (including phenoxy) is 1. The number of rotatable bonds is 4. The summed E-state index contributed by atoms with van der Waals surface area (Å²) in [5, 5.41) is 25.2. The van der Waals surface area contributed by atoms with E-state index in [4.69, 9.17) is 26.7 Å². The fourth-order valence-corrected chi connectivity index (χ4v) is 1.99. The van der Waals surface area contributed by atoms with Crippen LogP contribution in [0.25, 0.3) is 0 Å². The molecule has 0 atom stereocenters. The molecular weight excluding hydrogens is 266 g/mol. The van der Waals surface area contributed by atoms with Gasteiger partial charge in [-0.2, -0.15) is 5.26 Å². The first-order valence-corrected chi connectivity index (χ1v) is 6.11. The van der Waals surface area contributed by atoms with Crippen molar-refractivity contribution in [3.8, 4) is 17.7 Å². The number of benzene rings is 1. The van der Waals surface area contributed by atoms with Gasteiger partial charge in [-0.1, -0.05) is 18.5 Å². The second-order valence-electron chi connectivity index (χ2n) is 3.89. The molecule has 0 saturated heterocycles. The lowest BCUT2D eigenvalue weighted by Crippen LogP contribution is -1.92. The van der Waals surface area contributed by atoms with E-state index in [9.17, 15) is 0 Å². The minimum atomic E-state index is -0.126. The number of hydrogen-bond acceptors (Lipinski definition) is 4. The number of nitrogens with zero attached hydrogens (tertiary/aromatic N) is 2. The first kappa shape index (κ1) is 13.4. The van der Waals surface area contributed by atoms with Crippen molar-refractivity contribution in [2.75, 3.05) is 0 Å². The number of nitriles is 1. The summed E-state index contributed by atoms with van der Waals surface area (Å²) >= 11 is 5.90. The number of aromatic nitrogens is 2. The van der Waals surface area contributed by atoms with Gasteiger partial charge in [-0.15, -0.1) is 5.10 Å². The summed E-state index contributed by atoms with van der Waals surface area (Å²) in [6, 6.07) is 6.75. The molecule has 0 bridgehead atoms. The number of nitrogens with one attached hydrogen (secondary N) is 1. The van der Waals surface area contributed by atoms with Crippen LogP contribution < -0.4 is 4.74 Å². The molecule has 0 unspecified atom stereocenters. The third-order valence-electron chi connectivity index (χ3n) is 2.64. The lowest BCUT2D eigenvalue weighted by atomic mass is 10.2. The Morgan fingerprint density at radius 1 is 1.47 bits per heavy atom. The minimum absolute atomic E-state index is 0.126. The molecule has 98 valence electrons. The Hall–Kier alpha value is -2.03. The van der Waals surface area contributed by atoms with Crippen molar-refractivity contribution >= 4 is 11.6 Å². The van der Waals surface area contributed by atoms with Crippen LogP contribution in [0, 0.1) is 11.3 Å². The van der Waals surface area contributed by atoms with Gasteiger partial charge < -0.3 is 9.84 Å². The molecular formula is C13H12ClN3O2. The van der Waals surface area contributed by atoms with E-state index >= 15 is 0 Å². The maximum absolute atomic E-state index is 9.16. The molecule has 0 fully saturated rings. The maximum atomic E-state index is 9.16. The van der Waals surface area contributed by atoms with Gasteiger partial charge in [0.05, 0.1) is 23.9 Å². The SMILES string of the molecule is CCc1c(Oc2cc(Cl)cc(C#N)c2)n[nH]c1CO. The molecule has 0 saturated carbocycles. The van der Waals surface area contributed by atoms with Crippen LogP contribution in [0.3, 0.4) is 0 Å². The Kier molecular flexibility index (Phi) is 4.05. The average molecular weight is 278 g/mol. The van der Waals surface area contributed by atoms with Gasteiger partial charge in [0.1, 0.15) is 5.75 Å². The van der Waals surface area contributed by atoms with Crippen molar-refractivity contribution < 1.29 is 9.84 Å². The molecule has 1 heterocycles. The van der Waals surface area contributed by atoms with Gasteiger partial charge in [-0.05, 0) is 24.6 Å². The maximum Gasteiger partial charge on any atom is 0.241 e. The van der Waals surface area contributed by atoms with Crippen LogP contribution in [-0.2, 0) is 13.0 Å². The number of halogens is 1. The number of aliphatic hydroxyl groups excluding tert-OH is 1. The van der Waals surface area contributed by atoms with Gasteiger partial charge in [0, 0.05) is 10.6 Å². The summed E-state index contributed by atoms with van der Waals surface area (Å²) in [6.45, 7) is 1.81. The molecule has 0 amide bonds. The number of hydrogen-bond donors (Lipinski definition) is 2. The highest BCUT2D eigenvalue weighted by atomic mass is 35.5. The van der Waals surface area contributed by atoms with Gasteiger partial charge in [0.15, 0.2) is 0 Å². The van der Waals surface area contributed by atoms with Crippen molar-refractivity contribution in [1.82, 2.24) is 10.2 Å². The lowest BCUT2D eigenvalue weighted by molar-refractivity contribution is 0.275. The number of aliphatic hydroxyl groups is 1. The van der Waals surface area contributed by atoms with E-state index in [1.54, 1.807) is 18.2 Å². The molecule has 2 rings (SSSR count). The molecule has 0 radical (unpaired) electrons. The fraction of sp³-hybridized carbons (Fsp3) is 0.231. The van der Waals surface area contributed by atoms with Crippen LogP contribution in [0.1, 0.15) is 23.7 Å². The Balaban J connectivity index is 2.34. The first-order valence-electron chi connectivity index (χ1n) is 5.73. The van der Waals surface area contributed by atoms with E-state index in [1.807, 2.05) is 13.0 Å². The summed E-state index contributed by atoms with van der Waals surface area (Å²) in [4.78, 5) is 0. The van der Waals surface area contributed by atoms with Crippen LogP contribution in [0.15, 0.2) is 18.2 Å². The van der Waals surface area contributed by atoms with Crippen LogP contribution in [0.2, 0.25) is 5.02 Å². The number of H-pyrrole nitrogens is 1. The van der Waals surface area contributed by atoms with Crippen molar-refractivity contribution in [2.45, 2.75) is 20.0 Å². The van der Waals surface area contributed by atoms with Crippen LogP contribution in [-0.4, -0.2) is 15.3 Å². The lowest BCUT2D eigenvalue weighted by Gasteiger charge is -2.05. The quantitative estimate of drug-likeness (QED) is 0.900. The largest absolute Gasteiger partial charge is 0.437 e. The van der Waals surface area contributed by atoms with E-state index in [0.29, 0.717) is 34.3 Å². The van der Waals surface area contributed by atoms with Gasteiger partial charge in [-0.3, -0.25) is 5.10 Å². The van der Waals surface area contributed by atoms with Crippen LogP contribution in [0.4, 0.5) is 0 Å². The van der Waals surface area contributed by atoms with Crippen molar-refractivity contribution in [1.29, 1.82) is 5.26 Å². The first-order chi connectivity index (χ1) is 9.17. The number of aromatic amines is 1. The summed E-state index contributed by atoms with van der Waals surface area (Å²) < 4.78 is 5.62. The predicted molar refractivity (Wildman–Crippen MR) is 70.1 cm³/mol. The fourth-order valence-electron chi connectivity index (χ4n) is 1.76. The zero-order valence-electron chi connectivity index (χ0n) is 10.3. The Labute approximate surface area is 115 Å². The molecule has 5 nitrogen and oxygen atoms in total. The van der Waals surface area contributed by atoms with E-state index in [2.05, 4.69) is 10.2 Å². The minimum Gasteiger partial charge on any atom is -0.437 e. The van der Waals surface area contributed by atoms with Gasteiger partial charge in [-0.25, -0.2) is 0 Å². The Bertz CT molecular complexity index is 631. The van der Waals surface area contributed by atoms with Gasteiger partial charge in [0.2, 0.25) is 5.88 Å². The highest BCUT2D eigenvalue weighted by Gasteiger charge is 2.13. The molecule has 0 aliphatic heterocycles. The van der Waals surface area contributed by atoms with Crippen molar-refractivity contribution in [3.63, 3.8) is 0 Å². The summed E-state index contributed by atoms with van der Waals surface area (Å²) in [5.74, 6) is 0.826. The van der Waals surface area contributed by atoms with Crippen molar-refractivity contribution in [3.05, 3.63) is 40.0 Å². The topological polar surface area (TPSA) is 81.9 Å². The molecule has 19 heavy (non-hydrogen) atoms. The van der Waals surface area contributed by atoms with E-state index in [-0.39, 0.29) is 6.61 Å². The monoisotopic (exact) mass is 277 g/mol. The van der Waals surface area contributed by atoms with E-state index in [1.165, 1.54) is 0 Å². The third kappa shape index (κ3) is 2.87. The molecule has 2 aromatic rings. The Morgan fingerprint density at radius 2 is 2.26 bits per heavy atom. The highest BCUT2D eigenvalue weighted by Crippen LogP contribution is 2.28. The summed E-state index contributed by atoms with van der Waals surface area (Å²) in [5.41, 5.74) is 1.85. The summed E-state index contributed by atoms with van der Waals surface area (Å²) in [7, 11) is 0. The second-order valence-corrected chi connectivity index (χ2v) is 4.32. The van der Waals surface area contributed by atoms with Crippen LogP contribution in [0.5, 0.6) is 11.6 Å². The van der Waals surface area contributed by atoms with Gasteiger partial charge in [0.25, 0.3) is 0 Å².